The summed E-state index contributed by atoms with van der Waals surface area (Å²) < 4.78 is 9.63. The van der Waals surface area contributed by atoms with Crippen LogP contribution in [0.5, 0.6) is 0 Å². The standard InChI is InChI=1S/C18H37O3P/c1-2-3-4-5-6-7-8-9-10-11-12-13-14-15-16-20-18(19)17-21-22/h2-17,22H2,1H3. The van der Waals surface area contributed by atoms with Gasteiger partial charge in [0.1, 0.15) is 6.61 Å². The van der Waals surface area contributed by atoms with E-state index in [1.807, 2.05) is 0 Å². The van der Waals surface area contributed by atoms with Crippen molar-refractivity contribution in [1.29, 1.82) is 0 Å². The highest BCUT2D eigenvalue weighted by Crippen LogP contribution is 2.12. The molecular formula is C18H37O3P. The van der Waals surface area contributed by atoms with Crippen LogP contribution in [0.1, 0.15) is 96.8 Å². The van der Waals surface area contributed by atoms with Crippen LogP contribution in [-0.2, 0) is 14.1 Å². The largest absolute Gasteiger partial charge is 0.464 e. The van der Waals surface area contributed by atoms with E-state index in [1.165, 1.54) is 77.0 Å². The van der Waals surface area contributed by atoms with E-state index < -0.39 is 0 Å². The van der Waals surface area contributed by atoms with E-state index in [9.17, 15) is 4.79 Å². The zero-order valence-corrected chi connectivity index (χ0v) is 15.8. The molecule has 132 valence electrons. The molecule has 1 unspecified atom stereocenters. The summed E-state index contributed by atoms with van der Waals surface area (Å²) in [7, 11) is 2.05. The van der Waals surface area contributed by atoms with Crippen molar-refractivity contribution in [3.63, 3.8) is 0 Å². The van der Waals surface area contributed by atoms with Crippen molar-refractivity contribution in [2.24, 2.45) is 0 Å². The first-order chi connectivity index (χ1) is 10.8. The van der Waals surface area contributed by atoms with Crippen molar-refractivity contribution in [1.82, 2.24) is 0 Å². The van der Waals surface area contributed by atoms with Gasteiger partial charge >= 0.3 is 5.97 Å². The minimum atomic E-state index is -0.273. The number of carbonyl (C=O) groups excluding carboxylic acids is 1. The van der Waals surface area contributed by atoms with E-state index in [1.54, 1.807) is 0 Å². The highest BCUT2D eigenvalue weighted by atomic mass is 31.0. The average molecular weight is 332 g/mol. The molecule has 0 aliphatic heterocycles. The molecule has 0 saturated heterocycles. The van der Waals surface area contributed by atoms with Crippen molar-refractivity contribution in [3.8, 4) is 0 Å². The summed E-state index contributed by atoms with van der Waals surface area (Å²) in [6.07, 6.45) is 18.7. The molecule has 0 aliphatic rings. The molecule has 0 amide bonds. The van der Waals surface area contributed by atoms with Gasteiger partial charge in [0.15, 0.2) is 0 Å². The quantitative estimate of drug-likeness (QED) is 0.191. The number of hydrogen-bond acceptors (Lipinski definition) is 3. The van der Waals surface area contributed by atoms with Gasteiger partial charge in [-0.05, 0) is 6.42 Å². The number of carbonyl (C=O) groups is 1. The lowest BCUT2D eigenvalue weighted by Gasteiger charge is -2.04. The fraction of sp³-hybridized carbons (Fsp3) is 0.944. The number of ether oxygens (including phenoxy) is 1. The second-order valence-electron chi connectivity index (χ2n) is 6.13. The Labute approximate surface area is 140 Å². The maximum Gasteiger partial charge on any atom is 0.332 e. The zero-order valence-electron chi connectivity index (χ0n) is 14.6. The second kappa shape index (κ2) is 18.9. The SMILES string of the molecule is CCCCCCCCCCCCCCCCOC(=O)COP. The van der Waals surface area contributed by atoms with Gasteiger partial charge in [-0.15, -0.1) is 0 Å². The Balaban J connectivity index is 3.01. The van der Waals surface area contributed by atoms with E-state index in [2.05, 4.69) is 20.9 Å². The molecule has 1 atom stereocenters. The molecule has 0 heterocycles. The maximum atomic E-state index is 11.0. The predicted molar refractivity (Wildman–Crippen MR) is 96.9 cm³/mol. The van der Waals surface area contributed by atoms with Crippen LogP contribution < -0.4 is 0 Å². The molecule has 0 aromatic carbocycles. The van der Waals surface area contributed by atoms with E-state index in [0.717, 1.165) is 12.8 Å². The Bertz CT molecular complexity index is 234. The Hall–Kier alpha value is -0.140. The predicted octanol–water partition coefficient (Wildman–Crippen LogP) is 5.82. The molecule has 0 aromatic rings. The summed E-state index contributed by atoms with van der Waals surface area (Å²) >= 11 is 0. The lowest BCUT2D eigenvalue weighted by atomic mass is 10.0. The Kier molecular flexibility index (Phi) is 18.8. The smallest absolute Gasteiger partial charge is 0.332 e. The van der Waals surface area contributed by atoms with E-state index in [4.69, 9.17) is 4.74 Å². The normalized spacial score (nSPS) is 10.8. The van der Waals surface area contributed by atoms with Gasteiger partial charge in [0.05, 0.1) is 6.61 Å². The van der Waals surface area contributed by atoms with Gasteiger partial charge < -0.3 is 9.26 Å². The van der Waals surface area contributed by atoms with Gasteiger partial charge in [0.25, 0.3) is 0 Å². The van der Waals surface area contributed by atoms with Crippen LogP contribution in [0.4, 0.5) is 0 Å². The summed E-state index contributed by atoms with van der Waals surface area (Å²) in [5.41, 5.74) is 0. The number of unbranched alkanes of at least 4 members (excludes halogenated alkanes) is 13. The monoisotopic (exact) mass is 332 g/mol. The van der Waals surface area contributed by atoms with Crippen LogP contribution in [0.15, 0.2) is 0 Å². The molecular weight excluding hydrogens is 295 g/mol. The molecule has 0 rings (SSSR count). The Morgan fingerprint density at radius 3 is 1.55 bits per heavy atom. The summed E-state index contributed by atoms with van der Waals surface area (Å²) in [6, 6.07) is 0. The lowest BCUT2D eigenvalue weighted by molar-refractivity contribution is -0.145. The molecule has 0 aliphatic carbocycles. The van der Waals surface area contributed by atoms with E-state index >= 15 is 0 Å². The van der Waals surface area contributed by atoms with Crippen molar-refractivity contribution in [2.45, 2.75) is 96.8 Å². The molecule has 0 saturated carbocycles. The first-order valence-corrected chi connectivity index (χ1v) is 9.75. The highest BCUT2D eigenvalue weighted by molar-refractivity contribution is 7.09. The third kappa shape index (κ3) is 17.9. The molecule has 0 aromatic heterocycles. The molecule has 0 N–H and O–H groups in total. The second-order valence-corrected chi connectivity index (χ2v) is 6.46. The van der Waals surface area contributed by atoms with Crippen molar-refractivity contribution < 1.29 is 14.1 Å². The summed E-state index contributed by atoms with van der Waals surface area (Å²) in [5, 5.41) is 0. The van der Waals surface area contributed by atoms with Crippen LogP contribution in [0.3, 0.4) is 0 Å². The molecule has 22 heavy (non-hydrogen) atoms. The first-order valence-electron chi connectivity index (χ1n) is 9.28. The number of hydrogen-bond donors (Lipinski definition) is 0. The van der Waals surface area contributed by atoms with Crippen LogP contribution in [0.2, 0.25) is 0 Å². The minimum absolute atomic E-state index is 0.0310. The number of rotatable bonds is 17. The van der Waals surface area contributed by atoms with Crippen molar-refractivity contribution >= 4 is 15.4 Å². The van der Waals surface area contributed by atoms with Gasteiger partial charge in [0.2, 0.25) is 0 Å². The Morgan fingerprint density at radius 2 is 1.14 bits per heavy atom. The summed E-state index contributed by atoms with van der Waals surface area (Å²) in [4.78, 5) is 11.0. The topological polar surface area (TPSA) is 35.5 Å². The summed E-state index contributed by atoms with van der Waals surface area (Å²) in [6.45, 7) is 2.83. The van der Waals surface area contributed by atoms with Crippen molar-refractivity contribution in [2.75, 3.05) is 13.2 Å². The maximum absolute atomic E-state index is 11.0. The third-order valence-corrected chi connectivity index (χ3v) is 4.13. The molecule has 4 heteroatoms. The molecule has 0 spiro atoms. The van der Waals surface area contributed by atoms with Crippen LogP contribution in [0, 0.1) is 0 Å². The zero-order chi connectivity index (χ0) is 16.3. The summed E-state index contributed by atoms with van der Waals surface area (Å²) in [5.74, 6) is -0.273. The highest BCUT2D eigenvalue weighted by Gasteiger charge is 2.00. The minimum Gasteiger partial charge on any atom is -0.464 e. The van der Waals surface area contributed by atoms with Gasteiger partial charge in [-0.2, -0.15) is 0 Å². The van der Waals surface area contributed by atoms with Crippen LogP contribution >= 0.6 is 9.47 Å². The van der Waals surface area contributed by atoms with Gasteiger partial charge in [-0.25, -0.2) is 4.79 Å². The average Bonchev–Trinajstić information content (AvgIpc) is 2.51. The molecule has 0 radical (unpaired) electrons. The van der Waals surface area contributed by atoms with E-state index in [0.29, 0.717) is 6.61 Å². The molecule has 3 nitrogen and oxygen atoms in total. The molecule has 0 bridgehead atoms. The van der Waals surface area contributed by atoms with Gasteiger partial charge in [0, 0.05) is 9.47 Å². The molecule has 0 fully saturated rings. The fourth-order valence-corrected chi connectivity index (χ4v) is 2.73. The Morgan fingerprint density at radius 1 is 0.727 bits per heavy atom. The van der Waals surface area contributed by atoms with Crippen LogP contribution in [-0.4, -0.2) is 19.2 Å². The first kappa shape index (κ1) is 21.9. The number of esters is 1. The van der Waals surface area contributed by atoms with Gasteiger partial charge in [-0.3, -0.25) is 0 Å². The van der Waals surface area contributed by atoms with Gasteiger partial charge in [-0.1, -0.05) is 90.4 Å². The van der Waals surface area contributed by atoms with E-state index in [-0.39, 0.29) is 12.6 Å². The van der Waals surface area contributed by atoms with Crippen molar-refractivity contribution in [3.05, 3.63) is 0 Å². The fourth-order valence-electron chi connectivity index (χ4n) is 2.59. The third-order valence-electron chi connectivity index (χ3n) is 3.96. The lowest BCUT2D eigenvalue weighted by Crippen LogP contribution is -2.10. The van der Waals surface area contributed by atoms with Crippen LogP contribution in [0.25, 0.3) is 0 Å².